The zero-order valence-corrected chi connectivity index (χ0v) is 11.8. The molecule has 4 nitrogen and oxygen atoms in total. The van der Waals surface area contributed by atoms with Crippen LogP contribution in [0.2, 0.25) is 5.02 Å². The standard InChI is InChI=1S/C13H14ClN3O.ClH/c14-11-4-2-1-3-10(11)12-16-13(18-17-12)8-5-6-9(15)7-8;/h1-4,8-9H,5-7,15H2;1H. The van der Waals surface area contributed by atoms with Gasteiger partial charge in [0.1, 0.15) is 0 Å². The Labute approximate surface area is 122 Å². The summed E-state index contributed by atoms with van der Waals surface area (Å²) in [7, 11) is 0. The van der Waals surface area contributed by atoms with Crippen LogP contribution in [-0.2, 0) is 0 Å². The number of hydrogen-bond acceptors (Lipinski definition) is 4. The Hall–Kier alpha value is -1.10. The summed E-state index contributed by atoms with van der Waals surface area (Å²) in [6, 6.07) is 7.74. The van der Waals surface area contributed by atoms with E-state index in [0.29, 0.717) is 22.7 Å². The summed E-state index contributed by atoms with van der Waals surface area (Å²) < 4.78 is 5.33. The van der Waals surface area contributed by atoms with Crippen LogP contribution in [0.1, 0.15) is 31.1 Å². The topological polar surface area (TPSA) is 64.9 Å². The highest BCUT2D eigenvalue weighted by Crippen LogP contribution is 2.34. The van der Waals surface area contributed by atoms with E-state index in [4.69, 9.17) is 21.9 Å². The quantitative estimate of drug-likeness (QED) is 0.923. The van der Waals surface area contributed by atoms with E-state index in [1.54, 1.807) is 0 Å². The van der Waals surface area contributed by atoms with Gasteiger partial charge in [-0.3, -0.25) is 0 Å². The number of rotatable bonds is 2. The highest BCUT2D eigenvalue weighted by Gasteiger charge is 2.28. The van der Waals surface area contributed by atoms with E-state index in [1.165, 1.54) is 0 Å². The van der Waals surface area contributed by atoms with Gasteiger partial charge in [0, 0.05) is 17.5 Å². The Morgan fingerprint density at radius 3 is 2.74 bits per heavy atom. The molecule has 1 aromatic heterocycles. The average molecular weight is 300 g/mol. The predicted octanol–water partition coefficient (Wildman–Crippen LogP) is 3.41. The lowest BCUT2D eigenvalue weighted by atomic mass is 10.1. The monoisotopic (exact) mass is 299 g/mol. The third kappa shape index (κ3) is 2.91. The van der Waals surface area contributed by atoms with Crippen LogP contribution < -0.4 is 5.73 Å². The number of nitrogens with two attached hydrogens (primary N) is 1. The molecule has 1 heterocycles. The van der Waals surface area contributed by atoms with E-state index >= 15 is 0 Å². The molecule has 6 heteroatoms. The van der Waals surface area contributed by atoms with Crippen molar-refractivity contribution in [2.75, 3.05) is 0 Å². The summed E-state index contributed by atoms with van der Waals surface area (Å²) in [5.41, 5.74) is 6.70. The minimum atomic E-state index is 0. The maximum Gasteiger partial charge on any atom is 0.230 e. The van der Waals surface area contributed by atoms with Gasteiger partial charge in [0.05, 0.1) is 5.02 Å². The SMILES string of the molecule is Cl.NC1CCC(c2nc(-c3ccccc3Cl)no2)C1. The maximum atomic E-state index is 6.11. The minimum absolute atomic E-state index is 0. The minimum Gasteiger partial charge on any atom is -0.339 e. The number of nitrogens with zero attached hydrogens (tertiary/aromatic N) is 2. The molecule has 1 saturated carbocycles. The Kier molecular flexibility index (Phi) is 4.45. The number of halogens is 2. The van der Waals surface area contributed by atoms with E-state index in [9.17, 15) is 0 Å². The maximum absolute atomic E-state index is 6.11. The third-order valence-electron chi connectivity index (χ3n) is 3.38. The largest absolute Gasteiger partial charge is 0.339 e. The van der Waals surface area contributed by atoms with Gasteiger partial charge < -0.3 is 10.3 Å². The Morgan fingerprint density at radius 2 is 2.05 bits per heavy atom. The van der Waals surface area contributed by atoms with E-state index < -0.39 is 0 Å². The zero-order chi connectivity index (χ0) is 12.5. The fourth-order valence-corrected chi connectivity index (χ4v) is 2.61. The molecular formula is C13H15Cl2N3O. The average Bonchev–Trinajstić information content (AvgIpc) is 2.98. The van der Waals surface area contributed by atoms with Gasteiger partial charge >= 0.3 is 0 Å². The molecule has 0 saturated heterocycles. The van der Waals surface area contributed by atoms with Gasteiger partial charge in [-0.1, -0.05) is 28.9 Å². The van der Waals surface area contributed by atoms with Crippen molar-refractivity contribution >= 4 is 24.0 Å². The molecule has 2 atom stereocenters. The summed E-state index contributed by atoms with van der Waals surface area (Å²) in [5.74, 6) is 1.53. The lowest BCUT2D eigenvalue weighted by Crippen LogP contribution is -2.14. The third-order valence-corrected chi connectivity index (χ3v) is 3.71. The van der Waals surface area contributed by atoms with Crippen molar-refractivity contribution in [1.29, 1.82) is 0 Å². The van der Waals surface area contributed by atoms with Gasteiger partial charge in [-0.15, -0.1) is 12.4 Å². The van der Waals surface area contributed by atoms with Gasteiger partial charge in [-0.25, -0.2) is 0 Å². The van der Waals surface area contributed by atoms with Gasteiger partial charge in [0.2, 0.25) is 11.7 Å². The lowest BCUT2D eigenvalue weighted by Gasteiger charge is -2.01. The summed E-state index contributed by atoms with van der Waals surface area (Å²) >= 11 is 6.11. The Bertz CT molecular complexity index is 558. The molecule has 1 aliphatic rings. The van der Waals surface area contributed by atoms with Crippen molar-refractivity contribution in [2.24, 2.45) is 5.73 Å². The van der Waals surface area contributed by atoms with Crippen molar-refractivity contribution in [3.63, 3.8) is 0 Å². The summed E-state index contributed by atoms with van der Waals surface area (Å²) in [4.78, 5) is 4.44. The molecule has 0 aliphatic heterocycles. The number of aromatic nitrogens is 2. The first-order valence-corrected chi connectivity index (χ1v) is 6.46. The number of hydrogen-bond donors (Lipinski definition) is 1. The van der Waals surface area contributed by atoms with Crippen molar-refractivity contribution in [2.45, 2.75) is 31.2 Å². The predicted molar refractivity (Wildman–Crippen MR) is 76.6 cm³/mol. The molecule has 1 aliphatic carbocycles. The molecule has 0 radical (unpaired) electrons. The highest BCUT2D eigenvalue weighted by atomic mass is 35.5. The van der Waals surface area contributed by atoms with E-state index in [2.05, 4.69) is 10.1 Å². The van der Waals surface area contributed by atoms with Crippen molar-refractivity contribution in [1.82, 2.24) is 10.1 Å². The second-order valence-electron chi connectivity index (χ2n) is 4.71. The smallest absolute Gasteiger partial charge is 0.230 e. The first-order chi connectivity index (χ1) is 8.74. The van der Waals surface area contributed by atoms with Crippen LogP contribution in [0.3, 0.4) is 0 Å². The van der Waals surface area contributed by atoms with Crippen molar-refractivity contribution < 1.29 is 4.52 Å². The molecule has 2 unspecified atom stereocenters. The molecule has 0 amide bonds. The first kappa shape index (κ1) is 14.3. The Balaban J connectivity index is 0.00000133. The first-order valence-electron chi connectivity index (χ1n) is 6.08. The molecule has 102 valence electrons. The summed E-state index contributed by atoms with van der Waals surface area (Å²) in [6.07, 6.45) is 2.96. The molecule has 19 heavy (non-hydrogen) atoms. The van der Waals surface area contributed by atoms with Crippen LogP contribution in [0.5, 0.6) is 0 Å². The van der Waals surface area contributed by atoms with Gasteiger partial charge in [0.15, 0.2) is 0 Å². The molecule has 3 rings (SSSR count). The number of benzene rings is 1. The van der Waals surface area contributed by atoms with Crippen LogP contribution in [0.15, 0.2) is 28.8 Å². The second kappa shape index (κ2) is 5.90. The highest BCUT2D eigenvalue weighted by molar-refractivity contribution is 6.33. The van der Waals surface area contributed by atoms with Gasteiger partial charge in [0.25, 0.3) is 0 Å². The molecule has 0 bridgehead atoms. The normalized spacial score (nSPS) is 22.2. The molecule has 0 spiro atoms. The fraction of sp³-hybridized carbons (Fsp3) is 0.385. The second-order valence-corrected chi connectivity index (χ2v) is 5.11. The van der Waals surface area contributed by atoms with E-state index in [-0.39, 0.29) is 18.4 Å². The lowest BCUT2D eigenvalue weighted by molar-refractivity contribution is 0.353. The van der Waals surface area contributed by atoms with Crippen LogP contribution in [0, 0.1) is 0 Å². The molecular weight excluding hydrogens is 285 g/mol. The van der Waals surface area contributed by atoms with Crippen LogP contribution in [0.25, 0.3) is 11.4 Å². The molecule has 1 aromatic carbocycles. The van der Waals surface area contributed by atoms with Crippen molar-refractivity contribution in [3.05, 3.63) is 35.2 Å². The fourth-order valence-electron chi connectivity index (χ4n) is 2.39. The summed E-state index contributed by atoms with van der Waals surface area (Å²) in [6.45, 7) is 0. The van der Waals surface area contributed by atoms with Crippen molar-refractivity contribution in [3.8, 4) is 11.4 Å². The van der Waals surface area contributed by atoms with E-state index in [1.807, 2.05) is 24.3 Å². The van der Waals surface area contributed by atoms with E-state index in [0.717, 1.165) is 24.8 Å². The van der Waals surface area contributed by atoms with Crippen LogP contribution in [-0.4, -0.2) is 16.2 Å². The molecule has 1 fully saturated rings. The zero-order valence-electron chi connectivity index (χ0n) is 10.3. The summed E-state index contributed by atoms with van der Waals surface area (Å²) in [5, 5.41) is 4.64. The van der Waals surface area contributed by atoms with Crippen LogP contribution >= 0.6 is 24.0 Å². The van der Waals surface area contributed by atoms with Crippen LogP contribution in [0.4, 0.5) is 0 Å². The molecule has 2 aromatic rings. The van der Waals surface area contributed by atoms with Gasteiger partial charge in [-0.05, 0) is 31.4 Å². The van der Waals surface area contributed by atoms with Gasteiger partial charge in [-0.2, -0.15) is 4.98 Å². The Morgan fingerprint density at radius 1 is 1.26 bits per heavy atom. The molecule has 2 N–H and O–H groups in total.